The highest BCUT2D eigenvalue weighted by Gasteiger charge is 2.43. The van der Waals surface area contributed by atoms with E-state index < -0.39 is 12.2 Å². The van der Waals surface area contributed by atoms with Crippen LogP contribution in [-0.4, -0.2) is 22.4 Å². The molecular formula is C11H16O2. The molecule has 2 rings (SSSR count). The van der Waals surface area contributed by atoms with Crippen molar-refractivity contribution in [1.82, 2.24) is 0 Å². The van der Waals surface area contributed by atoms with Crippen molar-refractivity contribution >= 4 is 0 Å². The molecule has 0 saturated carbocycles. The quantitative estimate of drug-likeness (QED) is 0.553. The highest BCUT2D eigenvalue weighted by atomic mass is 16.3. The normalized spacial score (nSPS) is 44.2. The molecule has 0 aromatic carbocycles. The van der Waals surface area contributed by atoms with Gasteiger partial charge in [0, 0.05) is 5.41 Å². The summed E-state index contributed by atoms with van der Waals surface area (Å²) >= 11 is 0. The highest BCUT2D eigenvalue weighted by Crippen LogP contribution is 2.43. The topological polar surface area (TPSA) is 40.5 Å². The molecule has 2 N–H and O–H groups in total. The zero-order valence-electron chi connectivity index (χ0n) is 7.69. The fourth-order valence-corrected chi connectivity index (χ4v) is 2.43. The molecule has 0 radical (unpaired) electrons. The van der Waals surface area contributed by atoms with E-state index in [0.29, 0.717) is 0 Å². The van der Waals surface area contributed by atoms with Crippen LogP contribution in [0.4, 0.5) is 0 Å². The zero-order chi connectivity index (χ0) is 9.31. The minimum Gasteiger partial charge on any atom is -0.388 e. The van der Waals surface area contributed by atoms with Crippen LogP contribution in [0.5, 0.6) is 0 Å². The van der Waals surface area contributed by atoms with Gasteiger partial charge in [0.1, 0.15) is 0 Å². The van der Waals surface area contributed by atoms with Crippen LogP contribution in [0, 0.1) is 5.41 Å². The molecule has 2 heteroatoms. The van der Waals surface area contributed by atoms with Crippen molar-refractivity contribution in [3.63, 3.8) is 0 Å². The van der Waals surface area contributed by atoms with Gasteiger partial charge in [-0.3, -0.25) is 0 Å². The summed E-state index contributed by atoms with van der Waals surface area (Å²) in [5.41, 5.74) is -0.288. The first-order chi connectivity index (χ1) is 6.26. The Morgan fingerprint density at radius 2 is 1.38 bits per heavy atom. The molecule has 0 fully saturated rings. The SMILES string of the molecule is OC1C=CCCC12CCC=CC2O. The number of hydrogen-bond acceptors (Lipinski definition) is 2. The molecular weight excluding hydrogens is 164 g/mol. The molecule has 2 nitrogen and oxygen atoms in total. The van der Waals surface area contributed by atoms with Gasteiger partial charge in [-0.2, -0.15) is 0 Å². The second-order valence-corrected chi connectivity index (χ2v) is 4.06. The van der Waals surface area contributed by atoms with Crippen molar-refractivity contribution < 1.29 is 10.2 Å². The minimum atomic E-state index is -0.471. The van der Waals surface area contributed by atoms with Gasteiger partial charge in [0.05, 0.1) is 12.2 Å². The molecule has 0 amide bonds. The van der Waals surface area contributed by atoms with Gasteiger partial charge in [-0.1, -0.05) is 24.3 Å². The number of aliphatic hydroxyl groups is 2. The maximum Gasteiger partial charge on any atom is 0.0805 e. The van der Waals surface area contributed by atoms with Crippen LogP contribution in [0.2, 0.25) is 0 Å². The number of rotatable bonds is 0. The summed E-state index contributed by atoms with van der Waals surface area (Å²) in [5, 5.41) is 19.7. The zero-order valence-corrected chi connectivity index (χ0v) is 7.69. The smallest absolute Gasteiger partial charge is 0.0805 e. The Hall–Kier alpha value is -0.600. The number of allylic oxidation sites excluding steroid dienone is 2. The predicted molar refractivity (Wildman–Crippen MR) is 51.2 cm³/mol. The molecule has 2 atom stereocenters. The van der Waals surface area contributed by atoms with E-state index in [-0.39, 0.29) is 5.41 Å². The van der Waals surface area contributed by atoms with Gasteiger partial charge in [-0.25, -0.2) is 0 Å². The largest absolute Gasteiger partial charge is 0.388 e. The van der Waals surface area contributed by atoms with Gasteiger partial charge in [-0.15, -0.1) is 0 Å². The standard InChI is InChI=1S/C11H16O2/c12-9-5-1-3-7-11(9)8-4-2-6-10(11)13/h1-2,5-6,9-10,12-13H,3-4,7-8H2. The predicted octanol–water partition coefficient (Wildman–Crippen LogP) is 1.39. The molecule has 2 aliphatic carbocycles. The Morgan fingerprint density at radius 1 is 0.923 bits per heavy atom. The molecule has 0 heterocycles. The summed E-state index contributed by atoms with van der Waals surface area (Å²) in [6.45, 7) is 0. The summed E-state index contributed by atoms with van der Waals surface area (Å²) in [6, 6.07) is 0. The van der Waals surface area contributed by atoms with Gasteiger partial charge >= 0.3 is 0 Å². The minimum absolute atomic E-state index is 0.288. The lowest BCUT2D eigenvalue weighted by Crippen LogP contribution is -2.46. The average molecular weight is 180 g/mol. The highest BCUT2D eigenvalue weighted by molar-refractivity contribution is 5.15. The van der Waals surface area contributed by atoms with Gasteiger partial charge in [0.25, 0.3) is 0 Å². The van der Waals surface area contributed by atoms with Crippen molar-refractivity contribution in [2.24, 2.45) is 5.41 Å². The Bertz CT molecular complexity index is 216. The first-order valence-corrected chi connectivity index (χ1v) is 4.95. The average Bonchev–Trinajstić information content (AvgIpc) is 2.15. The maximum atomic E-state index is 9.87. The molecule has 2 unspecified atom stereocenters. The second-order valence-electron chi connectivity index (χ2n) is 4.06. The molecule has 0 bridgehead atoms. The van der Waals surface area contributed by atoms with E-state index in [0.717, 1.165) is 25.7 Å². The van der Waals surface area contributed by atoms with E-state index in [1.54, 1.807) is 0 Å². The van der Waals surface area contributed by atoms with E-state index >= 15 is 0 Å². The lowest BCUT2D eigenvalue weighted by molar-refractivity contribution is -0.0466. The van der Waals surface area contributed by atoms with Gasteiger partial charge in [0.15, 0.2) is 0 Å². The fourth-order valence-electron chi connectivity index (χ4n) is 2.43. The summed E-state index contributed by atoms with van der Waals surface area (Å²) in [4.78, 5) is 0. The molecule has 0 saturated heterocycles. The van der Waals surface area contributed by atoms with Gasteiger partial charge < -0.3 is 10.2 Å². The molecule has 1 spiro atoms. The van der Waals surface area contributed by atoms with Crippen molar-refractivity contribution in [3.05, 3.63) is 24.3 Å². The van der Waals surface area contributed by atoms with Crippen LogP contribution < -0.4 is 0 Å². The monoisotopic (exact) mass is 180 g/mol. The van der Waals surface area contributed by atoms with Crippen molar-refractivity contribution in [1.29, 1.82) is 0 Å². The summed E-state index contributed by atoms with van der Waals surface area (Å²) in [5.74, 6) is 0. The second kappa shape index (κ2) is 3.28. The lowest BCUT2D eigenvalue weighted by atomic mass is 9.66. The van der Waals surface area contributed by atoms with Crippen molar-refractivity contribution in [2.45, 2.75) is 37.9 Å². The van der Waals surface area contributed by atoms with Crippen LogP contribution in [-0.2, 0) is 0 Å². The van der Waals surface area contributed by atoms with E-state index in [1.165, 1.54) is 0 Å². The maximum absolute atomic E-state index is 9.87. The van der Waals surface area contributed by atoms with Gasteiger partial charge in [-0.05, 0) is 25.7 Å². The summed E-state index contributed by atoms with van der Waals surface area (Å²) < 4.78 is 0. The van der Waals surface area contributed by atoms with Gasteiger partial charge in [0.2, 0.25) is 0 Å². The van der Waals surface area contributed by atoms with Crippen LogP contribution in [0.15, 0.2) is 24.3 Å². The summed E-state index contributed by atoms with van der Waals surface area (Å²) in [6.07, 6.45) is 10.5. The van der Waals surface area contributed by atoms with E-state index in [1.807, 2.05) is 24.3 Å². The molecule has 0 aromatic heterocycles. The van der Waals surface area contributed by atoms with E-state index in [4.69, 9.17) is 0 Å². The number of hydrogen-bond donors (Lipinski definition) is 2. The Kier molecular flexibility index (Phi) is 2.26. The third-order valence-corrected chi connectivity index (χ3v) is 3.37. The van der Waals surface area contributed by atoms with E-state index in [2.05, 4.69) is 0 Å². The van der Waals surface area contributed by atoms with E-state index in [9.17, 15) is 10.2 Å². The third kappa shape index (κ3) is 1.34. The van der Waals surface area contributed by atoms with Crippen LogP contribution in [0.3, 0.4) is 0 Å². The Labute approximate surface area is 78.6 Å². The fraction of sp³-hybridized carbons (Fsp3) is 0.636. The van der Waals surface area contributed by atoms with Crippen LogP contribution in [0.1, 0.15) is 25.7 Å². The molecule has 0 aromatic rings. The third-order valence-electron chi connectivity index (χ3n) is 3.37. The number of aliphatic hydroxyl groups excluding tert-OH is 2. The molecule has 13 heavy (non-hydrogen) atoms. The first-order valence-electron chi connectivity index (χ1n) is 4.95. The van der Waals surface area contributed by atoms with Crippen LogP contribution >= 0.6 is 0 Å². The molecule has 72 valence electrons. The van der Waals surface area contributed by atoms with Crippen molar-refractivity contribution in [3.8, 4) is 0 Å². The molecule has 2 aliphatic rings. The summed E-state index contributed by atoms with van der Waals surface area (Å²) in [7, 11) is 0. The Morgan fingerprint density at radius 3 is 1.77 bits per heavy atom. The molecule has 0 aliphatic heterocycles. The van der Waals surface area contributed by atoms with Crippen molar-refractivity contribution in [2.75, 3.05) is 0 Å². The first kappa shape index (κ1) is 8.97. The Balaban J connectivity index is 2.27. The van der Waals surface area contributed by atoms with Crippen LogP contribution in [0.25, 0.3) is 0 Å². The lowest BCUT2D eigenvalue weighted by Gasteiger charge is -2.43.